The van der Waals surface area contributed by atoms with Crippen molar-refractivity contribution >= 4 is 23.4 Å². The lowest BCUT2D eigenvalue weighted by molar-refractivity contribution is -0.123. The molecule has 1 fully saturated rings. The Hall–Kier alpha value is -3.35. The Morgan fingerprint density at radius 2 is 1.79 bits per heavy atom. The predicted octanol–water partition coefficient (Wildman–Crippen LogP) is 1.95. The summed E-state index contributed by atoms with van der Waals surface area (Å²) in [4.78, 5) is 40.2. The summed E-state index contributed by atoms with van der Waals surface area (Å²) in [5, 5.41) is 0. The predicted molar refractivity (Wildman–Crippen MR) is 107 cm³/mol. The van der Waals surface area contributed by atoms with E-state index in [9.17, 15) is 14.4 Å². The van der Waals surface area contributed by atoms with Crippen LogP contribution in [0.25, 0.3) is 0 Å². The summed E-state index contributed by atoms with van der Waals surface area (Å²) in [5.74, 6) is -0.154. The third-order valence-corrected chi connectivity index (χ3v) is 5.52. The summed E-state index contributed by atoms with van der Waals surface area (Å²) in [6.45, 7) is 1.38. The molecule has 2 aliphatic heterocycles. The molecule has 2 aromatic rings. The Morgan fingerprint density at radius 1 is 1.07 bits per heavy atom. The van der Waals surface area contributed by atoms with E-state index in [0.717, 1.165) is 5.56 Å². The first-order chi connectivity index (χ1) is 14.0. The number of fused-ring (bicyclic) bond motifs is 1. The van der Waals surface area contributed by atoms with Gasteiger partial charge in [0.25, 0.3) is 11.8 Å². The SMILES string of the molecule is NC(=O)C1CCN(C(=O)c2ccc3c(c2)N(Cc2ccccc2)C(=O)CO3)CC1. The number of carbonyl (C=O) groups is 3. The molecule has 0 radical (unpaired) electrons. The number of likely N-dealkylation sites (tertiary alicyclic amines) is 1. The normalized spacial score (nSPS) is 16.9. The number of rotatable bonds is 4. The van der Waals surface area contributed by atoms with Crippen molar-refractivity contribution in [2.75, 3.05) is 24.6 Å². The Labute approximate surface area is 169 Å². The first-order valence-corrected chi connectivity index (χ1v) is 9.72. The van der Waals surface area contributed by atoms with Crippen molar-refractivity contribution in [1.82, 2.24) is 4.90 Å². The molecule has 0 saturated carbocycles. The lowest BCUT2D eigenvalue weighted by Crippen LogP contribution is -2.42. The van der Waals surface area contributed by atoms with Crippen LogP contribution in [0.15, 0.2) is 48.5 Å². The van der Waals surface area contributed by atoms with Crippen LogP contribution in [0.3, 0.4) is 0 Å². The highest BCUT2D eigenvalue weighted by atomic mass is 16.5. The zero-order valence-electron chi connectivity index (χ0n) is 16.0. The van der Waals surface area contributed by atoms with E-state index in [-0.39, 0.29) is 30.2 Å². The number of nitrogens with zero attached hydrogens (tertiary/aromatic N) is 2. The quantitative estimate of drug-likeness (QED) is 0.859. The molecular weight excluding hydrogens is 370 g/mol. The van der Waals surface area contributed by atoms with Gasteiger partial charge in [-0.1, -0.05) is 30.3 Å². The molecule has 0 unspecified atom stereocenters. The Bertz CT molecular complexity index is 936. The molecule has 2 N–H and O–H groups in total. The van der Waals surface area contributed by atoms with Crippen LogP contribution in [0.2, 0.25) is 0 Å². The molecule has 0 bridgehead atoms. The zero-order chi connectivity index (χ0) is 20.4. The lowest BCUT2D eigenvalue weighted by atomic mass is 9.96. The Balaban J connectivity index is 1.56. The minimum Gasteiger partial charge on any atom is -0.482 e. The topological polar surface area (TPSA) is 92.9 Å². The third kappa shape index (κ3) is 3.94. The van der Waals surface area contributed by atoms with Crippen molar-refractivity contribution in [2.45, 2.75) is 19.4 Å². The molecule has 7 heteroatoms. The maximum absolute atomic E-state index is 13.0. The Morgan fingerprint density at radius 3 is 2.48 bits per heavy atom. The van der Waals surface area contributed by atoms with E-state index in [4.69, 9.17) is 10.5 Å². The van der Waals surface area contributed by atoms with Crippen molar-refractivity contribution in [3.63, 3.8) is 0 Å². The Kier molecular flexibility index (Phi) is 5.20. The van der Waals surface area contributed by atoms with E-state index in [1.54, 1.807) is 28.0 Å². The number of piperidine rings is 1. The minimum absolute atomic E-state index is 0.0201. The number of carbonyl (C=O) groups excluding carboxylic acids is 3. The number of amides is 3. The molecule has 0 spiro atoms. The van der Waals surface area contributed by atoms with Gasteiger partial charge in [-0.15, -0.1) is 0 Å². The average Bonchev–Trinajstić information content (AvgIpc) is 2.75. The number of anilines is 1. The summed E-state index contributed by atoms with van der Waals surface area (Å²) in [6, 6.07) is 14.9. The van der Waals surface area contributed by atoms with Gasteiger partial charge in [-0.3, -0.25) is 14.4 Å². The smallest absolute Gasteiger partial charge is 0.265 e. The highest BCUT2D eigenvalue weighted by molar-refractivity contribution is 6.01. The van der Waals surface area contributed by atoms with Crippen LogP contribution in [0.4, 0.5) is 5.69 Å². The van der Waals surface area contributed by atoms with Crippen molar-refractivity contribution < 1.29 is 19.1 Å². The number of hydrogen-bond donors (Lipinski definition) is 1. The van der Waals surface area contributed by atoms with Crippen molar-refractivity contribution in [3.8, 4) is 5.75 Å². The number of benzene rings is 2. The molecule has 3 amide bonds. The monoisotopic (exact) mass is 393 g/mol. The molecule has 2 aliphatic rings. The van der Waals surface area contributed by atoms with E-state index in [0.29, 0.717) is 49.5 Å². The fourth-order valence-electron chi connectivity index (χ4n) is 3.82. The number of hydrogen-bond acceptors (Lipinski definition) is 4. The highest BCUT2D eigenvalue weighted by Gasteiger charge is 2.29. The van der Waals surface area contributed by atoms with Crippen LogP contribution in [0.5, 0.6) is 5.75 Å². The van der Waals surface area contributed by atoms with Crippen molar-refractivity contribution in [1.29, 1.82) is 0 Å². The van der Waals surface area contributed by atoms with Gasteiger partial charge in [0, 0.05) is 24.6 Å². The summed E-state index contributed by atoms with van der Waals surface area (Å²) in [6.07, 6.45) is 1.15. The second-order valence-electron chi connectivity index (χ2n) is 7.41. The lowest BCUT2D eigenvalue weighted by Gasteiger charge is -2.32. The van der Waals surface area contributed by atoms with E-state index in [1.807, 2.05) is 30.3 Å². The van der Waals surface area contributed by atoms with Crippen LogP contribution in [0, 0.1) is 5.92 Å². The van der Waals surface area contributed by atoms with Gasteiger partial charge in [0.15, 0.2) is 6.61 Å². The fourth-order valence-corrected chi connectivity index (χ4v) is 3.82. The van der Waals surface area contributed by atoms with Gasteiger partial charge in [0.1, 0.15) is 5.75 Å². The molecule has 4 rings (SSSR count). The molecule has 0 aliphatic carbocycles. The standard InChI is InChI=1S/C22H23N3O4/c23-21(27)16-8-10-24(11-9-16)22(28)17-6-7-19-18(12-17)25(20(26)14-29-19)13-15-4-2-1-3-5-15/h1-7,12,16H,8-11,13-14H2,(H2,23,27). The number of ether oxygens (including phenoxy) is 1. The van der Waals surface area contributed by atoms with Crippen LogP contribution < -0.4 is 15.4 Å². The highest BCUT2D eigenvalue weighted by Crippen LogP contribution is 2.34. The first-order valence-electron chi connectivity index (χ1n) is 9.72. The van der Waals surface area contributed by atoms with E-state index >= 15 is 0 Å². The average molecular weight is 393 g/mol. The van der Waals surface area contributed by atoms with Gasteiger partial charge in [0.05, 0.1) is 12.2 Å². The first kappa shape index (κ1) is 19.0. The third-order valence-electron chi connectivity index (χ3n) is 5.52. The number of nitrogens with two attached hydrogens (primary N) is 1. The maximum Gasteiger partial charge on any atom is 0.265 e. The van der Waals surface area contributed by atoms with Crippen LogP contribution in [-0.2, 0) is 16.1 Å². The van der Waals surface area contributed by atoms with Gasteiger partial charge >= 0.3 is 0 Å². The largest absolute Gasteiger partial charge is 0.482 e. The molecule has 0 atom stereocenters. The van der Waals surface area contributed by atoms with Gasteiger partial charge < -0.3 is 20.3 Å². The van der Waals surface area contributed by atoms with E-state index < -0.39 is 0 Å². The van der Waals surface area contributed by atoms with Gasteiger partial charge in [-0.05, 0) is 36.6 Å². The zero-order valence-corrected chi connectivity index (χ0v) is 16.0. The summed E-state index contributed by atoms with van der Waals surface area (Å²) < 4.78 is 5.56. The van der Waals surface area contributed by atoms with Crippen molar-refractivity contribution in [3.05, 3.63) is 59.7 Å². The minimum atomic E-state index is -0.307. The second-order valence-corrected chi connectivity index (χ2v) is 7.41. The molecule has 2 heterocycles. The summed E-state index contributed by atoms with van der Waals surface area (Å²) in [7, 11) is 0. The summed E-state index contributed by atoms with van der Waals surface area (Å²) >= 11 is 0. The molecule has 0 aromatic heterocycles. The second kappa shape index (κ2) is 7.95. The van der Waals surface area contributed by atoms with Gasteiger partial charge in [0.2, 0.25) is 5.91 Å². The fraction of sp³-hybridized carbons (Fsp3) is 0.318. The van der Waals surface area contributed by atoms with Crippen LogP contribution in [-0.4, -0.2) is 42.3 Å². The maximum atomic E-state index is 13.0. The van der Waals surface area contributed by atoms with E-state index in [2.05, 4.69) is 0 Å². The van der Waals surface area contributed by atoms with Crippen LogP contribution >= 0.6 is 0 Å². The van der Waals surface area contributed by atoms with Crippen LogP contribution in [0.1, 0.15) is 28.8 Å². The molecule has 150 valence electrons. The number of primary amides is 1. The molecular formula is C22H23N3O4. The van der Waals surface area contributed by atoms with Gasteiger partial charge in [-0.25, -0.2) is 0 Å². The van der Waals surface area contributed by atoms with Gasteiger partial charge in [-0.2, -0.15) is 0 Å². The summed E-state index contributed by atoms with van der Waals surface area (Å²) in [5.41, 5.74) is 7.47. The molecule has 7 nitrogen and oxygen atoms in total. The molecule has 29 heavy (non-hydrogen) atoms. The van der Waals surface area contributed by atoms with Crippen molar-refractivity contribution in [2.24, 2.45) is 11.7 Å². The molecule has 2 aromatic carbocycles. The van der Waals surface area contributed by atoms with E-state index in [1.165, 1.54) is 0 Å². The molecule has 1 saturated heterocycles.